The number of carbonyl (C=O) groups is 1. The Kier molecular flexibility index (Phi) is 5.60. The number of nitrogens with one attached hydrogen (secondary N) is 1. The van der Waals surface area contributed by atoms with Crippen LogP contribution in [0.4, 0.5) is 5.69 Å². The van der Waals surface area contributed by atoms with Crippen molar-refractivity contribution >= 4 is 21.6 Å². The van der Waals surface area contributed by atoms with Crippen LogP contribution in [-0.4, -0.2) is 44.4 Å². The third kappa shape index (κ3) is 4.46. The average Bonchev–Trinajstić information content (AvgIpc) is 2.56. The molecule has 134 valence electrons. The zero-order chi connectivity index (χ0) is 18.6. The van der Waals surface area contributed by atoms with Crippen LogP contribution >= 0.6 is 0 Å². The van der Waals surface area contributed by atoms with Crippen LogP contribution in [-0.2, 0) is 21.4 Å². The number of hydrogen-bond donors (Lipinski definition) is 1. The van der Waals surface area contributed by atoms with Crippen LogP contribution in [0.25, 0.3) is 0 Å². The van der Waals surface area contributed by atoms with Gasteiger partial charge in [-0.2, -0.15) is 0 Å². The van der Waals surface area contributed by atoms with E-state index in [4.69, 9.17) is 4.74 Å². The largest absolute Gasteiger partial charge is 0.497 e. The molecule has 8 nitrogen and oxygen atoms in total. The molecule has 0 aliphatic heterocycles. The van der Waals surface area contributed by atoms with Crippen LogP contribution in [0.15, 0.2) is 52.3 Å². The molecule has 1 aromatic heterocycles. The second-order valence-corrected chi connectivity index (χ2v) is 7.55. The van der Waals surface area contributed by atoms with E-state index >= 15 is 0 Å². The third-order valence-electron chi connectivity index (χ3n) is 3.40. The van der Waals surface area contributed by atoms with E-state index in [-0.39, 0.29) is 11.4 Å². The van der Waals surface area contributed by atoms with Gasteiger partial charge in [0.15, 0.2) is 0 Å². The molecular weight excluding hydrogens is 346 g/mol. The molecule has 1 amide bonds. The molecule has 9 heteroatoms. The number of nitrogens with zero attached hydrogens (tertiary/aromatic N) is 2. The van der Waals surface area contributed by atoms with Crippen molar-refractivity contribution in [1.82, 2.24) is 8.87 Å². The number of anilines is 1. The lowest BCUT2D eigenvalue weighted by molar-refractivity contribution is -0.116. The Bertz CT molecular complexity index is 935. The van der Waals surface area contributed by atoms with Gasteiger partial charge in [0.05, 0.1) is 12.0 Å². The minimum Gasteiger partial charge on any atom is -0.497 e. The van der Waals surface area contributed by atoms with Crippen molar-refractivity contribution in [3.05, 3.63) is 52.9 Å². The minimum atomic E-state index is -3.69. The van der Waals surface area contributed by atoms with Gasteiger partial charge in [0, 0.05) is 38.1 Å². The molecule has 0 radical (unpaired) electrons. The maximum absolute atomic E-state index is 12.2. The molecule has 25 heavy (non-hydrogen) atoms. The molecular formula is C16H19N3O5S. The van der Waals surface area contributed by atoms with Crippen molar-refractivity contribution in [3.8, 4) is 5.75 Å². The van der Waals surface area contributed by atoms with Gasteiger partial charge < -0.3 is 14.6 Å². The Morgan fingerprint density at radius 3 is 2.60 bits per heavy atom. The van der Waals surface area contributed by atoms with E-state index in [9.17, 15) is 18.0 Å². The number of rotatable bonds is 6. The number of methoxy groups -OCH3 is 1. The topological polar surface area (TPSA) is 97.7 Å². The summed E-state index contributed by atoms with van der Waals surface area (Å²) in [6.07, 6.45) is 1.16. The van der Waals surface area contributed by atoms with E-state index in [1.165, 1.54) is 27.3 Å². The van der Waals surface area contributed by atoms with Crippen molar-refractivity contribution in [2.75, 3.05) is 26.5 Å². The van der Waals surface area contributed by atoms with E-state index in [1.807, 2.05) is 0 Å². The Balaban J connectivity index is 2.22. The van der Waals surface area contributed by atoms with Gasteiger partial charge in [0.1, 0.15) is 12.3 Å². The summed E-state index contributed by atoms with van der Waals surface area (Å²) in [5.74, 6) is 0.115. The molecule has 0 unspecified atom stereocenters. The molecule has 2 aromatic rings. The molecule has 0 atom stereocenters. The number of amides is 1. The molecule has 0 saturated carbocycles. The summed E-state index contributed by atoms with van der Waals surface area (Å²) in [4.78, 5) is 24.0. The van der Waals surface area contributed by atoms with Crippen molar-refractivity contribution in [2.45, 2.75) is 11.4 Å². The van der Waals surface area contributed by atoms with Gasteiger partial charge in [-0.1, -0.05) is 6.07 Å². The summed E-state index contributed by atoms with van der Waals surface area (Å²) >= 11 is 0. The molecule has 1 heterocycles. The molecule has 0 aliphatic rings. The van der Waals surface area contributed by atoms with Crippen LogP contribution in [0.1, 0.15) is 0 Å². The summed E-state index contributed by atoms with van der Waals surface area (Å²) in [5.41, 5.74) is 0.0352. The number of ether oxygens (including phenoxy) is 1. The van der Waals surface area contributed by atoms with Gasteiger partial charge in [0.2, 0.25) is 15.9 Å². The normalized spacial score (nSPS) is 11.4. The van der Waals surface area contributed by atoms with Gasteiger partial charge in [-0.25, -0.2) is 12.7 Å². The summed E-state index contributed by atoms with van der Waals surface area (Å²) in [6, 6.07) is 9.09. The van der Waals surface area contributed by atoms with Crippen LogP contribution in [0.5, 0.6) is 5.75 Å². The SMILES string of the molecule is COc1cccc(NC(=O)Cn2cc(S(=O)(=O)N(C)C)ccc2=O)c1. The van der Waals surface area contributed by atoms with E-state index in [1.54, 1.807) is 24.3 Å². The Morgan fingerprint density at radius 2 is 1.96 bits per heavy atom. The number of carbonyl (C=O) groups excluding carboxylic acids is 1. The lowest BCUT2D eigenvalue weighted by Gasteiger charge is -2.13. The minimum absolute atomic E-state index is 0.0636. The molecule has 0 saturated heterocycles. The predicted molar refractivity (Wildman–Crippen MR) is 93.2 cm³/mol. The summed E-state index contributed by atoms with van der Waals surface area (Å²) in [7, 11) is 0.595. The highest BCUT2D eigenvalue weighted by molar-refractivity contribution is 7.89. The molecule has 0 aliphatic carbocycles. The number of pyridine rings is 1. The van der Waals surface area contributed by atoms with Gasteiger partial charge in [0.25, 0.3) is 5.56 Å². The van der Waals surface area contributed by atoms with Crippen LogP contribution in [0.2, 0.25) is 0 Å². The van der Waals surface area contributed by atoms with Crippen LogP contribution in [0, 0.1) is 0 Å². The van der Waals surface area contributed by atoms with Gasteiger partial charge in [-0.3, -0.25) is 9.59 Å². The molecule has 1 aromatic carbocycles. The standard InChI is InChI=1S/C16H19N3O5S/c1-18(2)25(22,23)14-7-8-16(21)19(10-14)11-15(20)17-12-5-4-6-13(9-12)24-3/h4-10H,11H2,1-3H3,(H,17,20). The fourth-order valence-corrected chi connectivity index (χ4v) is 2.97. The van der Waals surface area contributed by atoms with Gasteiger partial charge >= 0.3 is 0 Å². The van der Waals surface area contributed by atoms with Gasteiger partial charge in [-0.15, -0.1) is 0 Å². The first-order chi connectivity index (χ1) is 11.7. The predicted octanol–water partition coefficient (Wildman–Crippen LogP) is 0.746. The van der Waals surface area contributed by atoms with E-state index in [2.05, 4.69) is 5.32 Å². The molecule has 0 spiro atoms. The Labute approximate surface area is 145 Å². The Hall–Kier alpha value is -2.65. The molecule has 0 bridgehead atoms. The summed E-state index contributed by atoms with van der Waals surface area (Å²) < 4.78 is 31.4. The van der Waals surface area contributed by atoms with E-state index < -0.39 is 21.5 Å². The maximum Gasteiger partial charge on any atom is 0.251 e. The van der Waals surface area contributed by atoms with Crippen LogP contribution < -0.4 is 15.6 Å². The van der Waals surface area contributed by atoms with Crippen LogP contribution in [0.3, 0.4) is 0 Å². The summed E-state index contributed by atoms with van der Waals surface area (Å²) in [6.45, 7) is -0.313. The van der Waals surface area contributed by atoms with E-state index in [0.29, 0.717) is 11.4 Å². The zero-order valence-corrected chi connectivity index (χ0v) is 14.9. The molecule has 2 rings (SSSR count). The highest BCUT2D eigenvalue weighted by Gasteiger charge is 2.18. The highest BCUT2D eigenvalue weighted by Crippen LogP contribution is 2.16. The van der Waals surface area contributed by atoms with Crippen molar-refractivity contribution in [2.24, 2.45) is 0 Å². The molecule has 0 fully saturated rings. The first kappa shape index (κ1) is 18.7. The van der Waals surface area contributed by atoms with Gasteiger partial charge in [-0.05, 0) is 18.2 Å². The third-order valence-corrected chi connectivity index (χ3v) is 5.20. The number of benzene rings is 1. The zero-order valence-electron chi connectivity index (χ0n) is 14.1. The number of aromatic nitrogens is 1. The summed E-state index contributed by atoms with van der Waals surface area (Å²) in [5, 5.41) is 2.63. The first-order valence-electron chi connectivity index (χ1n) is 7.31. The van der Waals surface area contributed by atoms with Crippen molar-refractivity contribution in [1.29, 1.82) is 0 Å². The van der Waals surface area contributed by atoms with Crippen molar-refractivity contribution in [3.63, 3.8) is 0 Å². The number of hydrogen-bond acceptors (Lipinski definition) is 5. The second kappa shape index (κ2) is 7.49. The fourth-order valence-electron chi connectivity index (χ4n) is 2.05. The second-order valence-electron chi connectivity index (χ2n) is 5.40. The highest BCUT2D eigenvalue weighted by atomic mass is 32.2. The average molecular weight is 365 g/mol. The first-order valence-corrected chi connectivity index (χ1v) is 8.75. The smallest absolute Gasteiger partial charge is 0.251 e. The monoisotopic (exact) mass is 365 g/mol. The van der Waals surface area contributed by atoms with Crippen molar-refractivity contribution < 1.29 is 17.9 Å². The lowest BCUT2D eigenvalue weighted by atomic mass is 10.3. The Morgan fingerprint density at radius 1 is 1.24 bits per heavy atom. The van der Waals surface area contributed by atoms with E-state index in [0.717, 1.165) is 21.1 Å². The molecule has 1 N–H and O–H groups in total. The number of sulfonamides is 1. The quantitative estimate of drug-likeness (QED) is 0.814. The fraction of sp³-hybridized carbons (Fsp3) is 0.250. The lowest BCUT2D eigenvalue weighted by Crippen LogP contribution is -2.29. The maximum atomic E-state index is 12.2.